The number of ether oxygens (including phenoxy) is 2. The molecule has 2 heterocycles. The zero-order valence-electron chi connectivity index (χ0n) is 9.30. The molecule has 1 aliphatic heterocycles. The van der Waals surface area contributed by atoms with Crippen molar-refractivity contribution < 1.29 is 18.3 Å². The summed E-state index contributed by atoms with van der Waals surface area (Å²) in [5, 5.41) is 7.32. The fourth-order valence-corrected chi connectivity index (χ4v) is 1.65. The molecular weight excluding hydrogens is 260 g/mol. The minimum absolute atomic E-state index is 0.0399. The van der Waals surface area contributed by atoms with Crippen LogP contribution in [0, 0.1) is 0 Å². The summed E-state index contributed by atoms with van der Waals surface area (Å²) in [6.07, 6.45) is -3.67. The third-order valence-corrected chi connectivity index (χ3v) is 2.40. The first-order chi connectivity index (χ1) is 8.94. The van der Waals surface area contributed by atoms with Gasteiger partial charge in [-0.15, -0.1) is 19.0 Å². The van der Waals surface area contributed by atoms with Gasteiger partial charge in [0, 0.05) is 5.56 Å². The summed E-state index contributed by atoms with van der Waals surface area (Å²) >= 11 is 0. The lowest BCUT2D eigenvalue weighted by Crippen LogP contribution is -2.25. The van der Waals surface area contributed by atoms with Crippen molar-refractivity contribution in [2.75, 3.05) is 11.5 Å². The molecule has 9 heteroatoms. The van der Waals surface area contributed by atoms with E-state index in [1.165, 1.54) is 18.2 Å². The molecule has 0 radical (unpaired) electrons. The molecule has 0 saturated heterocycles. The predicted molar refractivity (Wildman–Crippen MR) is 60.3 cm³/mol. The molecule has 19 heavy (non-hydrogen) atoms. The van der Waals surface area contributed by atoms with Crippen LogP contribution in [0.5, 0.6) is 11.5 Å². The van der Waals surface area contributed by atoms with Crippen molar-refractivity contribution in [3.8, 4) is 22.8 Å². The van der Waals surface area contributed by atoms with Gasteiger partial charge in [-0.2, -0.15) is 4.98 Å². The SMILES string of the molecule is Nc1nnc(-c2ccc3c(c2)OC(F)(F)O3)c(N)n1. The van der Waals surface area contributed by atoms with Crippen molar-refractivity contribution in [1.29, 1.82) is 0 Å². The van der Waals surface area contributed by atoms with E-state index in [4.69, 9.17) is 11.5 Å². The quantitative estimate of drug-likeness (QED) is 0.793. The number of aromatic nitrogens is 3. The van der Waals surface area contributed by atoms with Crippen molar-refractivity contribution in [3.05, 3.63) is 18.2 Å². The van der Waals surface area contributed by atoms with Gasteiger partial charge >= 0.3 is 6.29 Å². The smallest absolute Gasteiger partial charge is 0.395 e. The Morgan fingerprint density at radius 2 is 1.79 bits per heavy atom. The monoisotopic (exact) mass is 267 g/mol. The van der Waals surface area contributed by atoms with Gasteiger partial charge in [-0.05, 0) is 18.2 Å². The Morgan fingerprint density at radius 3 is 2.53 bits per heavy atom. The number of hydrogen-bond donors (Lipinski definition) is 2. The van der Waals surface area contributed by atoms with Crippen LogP contribution in [-0.2, 0) is 0 Å². The Hall–Kier alpha value is -2.71. The summed E-state index contributed by atoms with van der Waals surface area (Å²) in [5.41, 5.74) is 11.6. The number of anilines is 2. The van der Waals surface area contributed by atoms with Crippen molar-refractivity contribution in [3.63, 3.8) is 0 Å². The molecule has 4 N–H and O–H groups in total. The van der Waals surface area contributed by atoms with E-state index in [1.807, 2.05) is 0 Å². The molecule has 0 atom stereocenters. The van der Waals surface area contributed by atoms with Gasteiger partial charge in [-0.3, -0.25) is 0 Å². The van der Waals surface area contributed by atoms with Gasteiger partial charge in [-0.25, -0.2) is 0 Å². The van der Waals surface area contributed by atoms with Crippen LogP contribution < -0.4 is 20.9 Å². The van der Waals surface area contributed by atoms with E-state index in [1.54, 1.807) is 0 Å². The number of benzene rings is 1. The molecule has 1 aromatic carbocycles. The molecule has 7 nitrogen and oxygen atoms in total. The third-order valence-electron chi connectivity index (χ3n) is 2.40. The van der Waals surface area contributed by atoms with Crippen molar-refractivity contribution in [1.82, 2.24) is 15.2 Å². The average molecular weight is 267 g/mol. The predicted octanol–water partition coefficient (Wildman–Crippen LogP) is 1.02. The van der Waals surface area contributed by atoms with Gasteiger partial charge in [0.05, 0.1) is 0 Å². The van der Waals surface area contributed by atoms with E-state index in [0.29, 0.717) is 5.56 Å². The van der Waals surface area contributed by atoms with Crippen LogP contribution in [0.1, 0.15) is 0 Å². The zero-order chi connectivity index (χ0) is 13.6. The van der Waals surface area contributed by atoms with Crippen molar-refractivity contribution >= 4 is 11.8 Å². The highest BCUT2D eigenvalue weighted by Crippen LogP contribution is 2.43. The highest BCUT2D eigenvalue weighted by molar-refractivity contribution is 5.72. The topological polar surface area (TPSA) is 109 Å². The average Bonchev–Trinajstić information content (AvgIpc) is 2.61. The Balaban J connectivity index is 2.04. The van der Waals surface area contributed by atoms with Gasteiger partial charge in [0.15, 0.2) is 17.3 Å². The van der Waals surface area contributed by atoms with E-state index < -0.39 is 6.29 Å². The molecule has 0 amide bonds. The lowest BCUT2D eigenvalue weighted by molar-refractivity contribution is -0.286. The highest BCUT2D eigenvalue weighted by atomic mass is 19.3. The number of nitrogens with two attached hydrogens (primary N) is 2. The highest BCUT2D eigenvalue weighted by Gasteiger charge is 2.43. The second kappa shape index (κ2) is 3.64. The van der Waals surface area contributed by atoms with Crippen molar-refractivity contribution in [2.24, 2.45) is 0 Å². The Labute approximate surface area is 105 Å². The molecule has 0 spiro atoms. The van der Waals surface area contributed by atoms with E-state index >= 15 is 0 Å². The number of alkyl halides is 2. The number of nitrogen functional groups attached to an aromatic ring is 2. The molecule has 0 fully saturated rings. The summed E-state index contributed by atoms with van der Waals surface area (Å²) in [6, 6.07) is 4.12. The van der Waals surface area contributed by atoms with E-state index in [2.05, 4.69) is 24.7 Å². The van der Waals surface area contributed by atoms with Crippen molar-refractivity contribution in [2.45, 2.75) is 6.29 Å². The molecule has 0 aliphatic carbocycles. The van der Waals surface area contributed by atoms with Crippen LogP contribution in [0.3, 0.4) is 0 Å². The zero-order valence-corrected chi connectivity index (χ0v) is 9.30. The molecule has 0 unspecified atom stereocenters. The van der Waals surface area contributed by atoms with Gasteiger partial charge in [-0.1, -0.05) is 0 Å². The van der Waals surface area contributed by atoms with Gasteiger partial charge in [0.1, 0.15) is 5.69 Å². The second-order valence-corrected chi connectivity index (χ2v) is 3.73. The third kappa shape index (κ3) is 1.94. The summed E-state index contributed by atoms with van der Waals surface area (Å²) in [7, 11) is 0. The molecule has 3 rings (SSSR count). The van der Waals surface area contributed by atoms with E-state index in [0.717, 1.165) is 0 Å². The van der Waals surface area contributed by atoms with E-state index in [9.17, 15) is 8.78 Å². The molecule has 1 aromatic heterocycles. The standard InChI is InChI=1S/C10H7F2N5O2/c11-10(12)18-5-2-1-4(3-6(5)19-10)7-8(13)15-9(14)17-16-7/h1-3H,(H4,13,14,15,17). The molecule has 1 aliphatic rings. The Bertz CT molecular complexity index is 664. The second-order valence-electron chi connectivity index (χ2n) is 3.73. The first kappa shape index (κ1) is 11.4. The number of halogens is 2. The van der Waals surface area contributed by atoms with E-state index in [-0.39, 0.29) is 29.0 Å². The van der Waals surface area contributed by atoms with Crippen LogP contribution >= 0.6 is 0 Å². The molecule has 0 bridgehead atoms. The fourth-order valence-electron chi connectivity index (χ4n) is 1.65. The van der Waals surface area contributed by atoms with Crippen LogP contribution in [0.2, 0.25) is 0 Å². The normalized spacial score (nSPS) is 15.5. The summed E-state index contributed by atoms with van der Waals surface area (Å²) < 4.78 is 34.4. The molecule has 0 saturated carbocycles. The van der Waals surface area contributed by atoms with Crippen LogP contribution in [0.25, 0.3) is 11.3 Å². The Morgan fingerprint density at radius 1 is 1.05 bits per heavy atom. The first-order valence-electron chi connectivity index (χ1n) is 5.10. The van der Waals surface area contributed by atoms with Gasteiger partial charge < -0.3 is 20.9 Å². The summed E-state index contributed by atoms with van der Waals surface area (Å²) in [5.74, 6) is -0.212. The van der Waals surface area contributed by atoms with Crippen LogP contribution in [-0.4, -0.2) is 21.5 Å². The lowest BCUT2D eigenvalue weighted by atomic mass is 10.1. The lowest BCUT2D eigenvalue weighted by Gasteiger charge is -2.04. The maximum Gasteiger partial charge on any atom is 0.586 e. The van der Waals surface area contributed by atoms with Gasteiger partial charge in [0.25, 0.3) is 0 Å². The summed E-state index contributed by atoms with van der Waals surface area (Å²) in [6.45, 7) is 0. The fraction of sp³-hybridized carbons (Fsp3) is 0.100. The number of hydrogen-bond acceptors (Lipinski definition) is 7. The maximum atomic E-state index is 12.9. The largest absolute Gasteiger partial charge is 0.586 e. The van der Waals surface area contributed by atoms with Crippen LogP contribution in [0.4, 0.5) is 20.5 Å². The number of fused-ring (bicyclic) bond motifs is 1. The summed E-state index contributed by atoms with van der Waals surface area (Å²) in [4.78, 5) is 3.73. The van der Waals surface area contributed by atoms with Crippen LogP contribution in [0.15, 0.2) is 18.2 Å². The number of nitrogens with zero attached hydrogens (tertiary/aromatic N) is 3. The molecule has 2 aromatic rings. The maximum absolute atomic E-state index is 12.9. The molecule has 98 valence electrons. The number of rotatable bonds is 1. The Kier molecular flexibility index (Phi) is 2.18. The minimum atomic E-state index is -3.67. The minimum Gasteiger partial charge on any atom is -0.395 e. The first-order valence-corrected chi connectivity index (χ1v) is 5.10. The van der Waals surface area contributed by atoms with Gasteiger partial charge in [0.2, 0.25) is 5.95 Å². The molecular formula is C10H7F2N5O2.